The van der Waals surface area contributed by atoms with Crippen LogP contribution < -0.4 is 5.32 Å². The molecule has 1 aromatic rings. The maximum absolute atomic E-state index is 12.3. The summed E-state index contributed by atoms with van der Waals surface area (Å²) in [5.74, 6) is 0. The lowest BCUT2D eigenvalue weighted by Gasteiger charge is -2.20. The standard InChI is InChI=1S/C12H15F3N2O3S/c1-2-17(7-8-18)11(19)16-9-3-5-10(6-4-9)21(20)12(13,14)15/h3-6,18H,2,7-8H2,1H3,(H,16,19). The number of alkyl halides is 3. The Kier molecular flexibility index (Phi) is 6.16. The summed E-state index contributed by atoms with van der Waals surface area (Å²) >= 11 is 0. The largest absolute Gasteiger partial charge is 0.475 e. The van der Waals surface area contributed by atoms with Crippen molar-refractivity contribution in [1.82, 2.24) is 4.90 Å². The van der Waals surface area contributed by atoms with Crippen molar-refractivity contribution in [3.05, 3.63) is 24.3 Å². The number of anilines is 1. The monoisotopic (exact) mass is 324 g/mol. The molecule has 0 fully saturated rings. The second-order valence-corrected chi connectivity index (χ2v) is 5.44. The molecule has 0 saturated carbocycles. The molecule has 1 rings (SSSR count). The molecule has 5 nitrogen and oxygen atoms in total. The number of carbonyl (C=O) groups is 1. The van der Waals surface area contributed by atoms with Gasteiger partial charge in [0.25, 0.3) is 0 Å². The highest BCUT2D eigenvalue weighted by atomic mass is 32.2. The number of likely N-dealkylation sites (N-methyl/N-ethyl adjacent to an activating group) is 1. The van der Waals surface area contributed by atoms with Gasteiger partial charge in [-0.2, -0.15) is 13.2 Å². The molecule has 0 aliphatic heterocycles. The Labute approximate surface area is 122 Å². The lowest BCUT2D eigenvalue weighted by atomic mass is 10.3. The first-order valence-corrected chi connectivity index (χ1v) is 7.20. The number of urea groups is 1. The number of hydrogen-bond acceptors (Lipinski definition) is 3. The van der Waals surface area contributed by atoms with Crippen LogP contribution in [0.4, 0.5) is 23.7 Å². The van der Waals surface area contributed by atoms with Gasteiger partial charge >= 0.3 is 11.5 Å². The van der Waals surface area contributed by atoms with Crippen LogP contribution >= 0.6 is 0 Å². The Hall–Kier alpha value is -1.61. The number of aliphatic hydroxyl groups is 1. The van der Waals surface area contributed by atoms with Crippen molar-refractivity contribution in [2.75, 3.05) is 25.0 Å². The van der Waals surface area contributed by atoms with E-state index < -0.39 is 22.3 Å². The number of nitrogens with zero attached hydrogens (tertiary/aromatic N) is 1. The van der Waals surface area contributed by atoms with Crippen LogP contribution in [-0.2, 0) is 10.8 Å². The number of aliphatic hydroxyl groups excluding tert-OH is 1. The zero-order valence-electron chi connectivity index (χ0n) is 11.2. The molecule has 2 N–H and O–H groups in total. The summed E-state index contributed by atoms with van der Waals surface area (Å²) in [7, 11) is -3.09. The molecule has 0 aromatic heterocycles. The van der Waals surface area contributed by atoms with Crippen molar-refractivity contribution in [3.8, 4) is 0 Å². The quantitative estimate of drug-likeness (QED) is 0.872. The molecule has 0 radical (unpaired) electrons. The summed E-state index contributed by atoms with van der Waals surface area (Å²) < 4.78 is 47.9. The first-order valence-electron chi connectivity index (χ1n) is 6.05. The molecule has 118 valence electrons. The second-order valence-electron chi connectivity index (χ2n) is 3.97. The highest BCUT2D eigenvalue weighted by Gasteiger charge is 2.37. The first kappa shape index (κ1) is 17.4. The van der Waals surface area contributed by atoms with Gasteiger partial charge in [0.05, 0.1) is 6.61 Å². The zero-order chi connectivity index (χ0) is 16.0. The minimum atomic E-state index is -4.81. The molecule has 0 saturated heterocycles. The van der Waals surface area contributed by atoms with Crippen molar-refractivity contribution >= 4 is 22.5 Å². The van der Waals surface area contributed by atoms with E-state index in [0.29, 0.717) is 6.54 Å². The lowest BCUT2D eigenvalue weighted by Crippen LogP contribution is -2.36. The van der Waals surface area contributed by atoms with E-state index in [1.54, 1.807) is 6.92 Å². The highest BCUT2D eigenvalue weighted by molar-refractivity contribution is 7.86. The van der Waals surface area contributed by atoms with Crippen LogP contribution in [0.3, 0.4) is 0 Å². The molecule has 0 aliphatic carbocycles. The van der Waals surface area contributed by atoms with Crippen molar-refractivity contribution in [3.63, 3.8) is 0 Å². The molecule has 21 heavy (non-hydrogen) atoms. The highest BCUT2D eigenvalue weighted by Crippen LogP contribution is 2.26. The maximum atomic E-state index is 12.3. The van der Waals surface area contributed by atoms with E-state index in [-0.39, 0.29) is 23.7 Å². The van der Waals surface area contributed by atoms with Crippen LogP contribution in [0.15, 0.2) is 29.2 Å². The van der Waals surface area contributed by atoms with Crippen LogP contribution in [0.1, 0.15) is 6.92 Å². The van der Waals surface area contributed by atoms with Gasteiger partial charge in [-0.3, -0.25) is 0 Å². The number of nitrogens with one attached hydrogen (secondary N) is 1. The van der Waals surface area contributed by atoms with E-state index in [2.05, 4.69) is 5.32 Å². The van der Waals surface area contributed by atoms with Gasteiger partial charge in [-0.15, -0.1) is 0 Å². The fourth-order valence-corrected chi connectivity index (χ4v) is 2.17. The van der Waals surface area contributed by atoms with E-state index >= 15 is 0 Å². The van der Waals surface area contributed by atoms with Gasteiger partial charge in [-0.05, 0) is 31.2 Å². The van der Waals surface area contributed by atoms with Gasteiger partial charge < -0.3 is 15.3 Å². The van der Waals surface area contributed by atoms with Crippen molar-refractivity contribution < 1.29 is 27.3 Å². The maximum Gasteiger partial charge on any atom is 0.475 e. The minimum absolute atomic E-state index is 0.151. The van der Waals surface area contributed by atoms with Crippen molar-refractivity contribution in [2.45, 2.75) is 17.3 Å². The average Bonchev–Trinajstić information content (AvgIpc) is 2.43. The van der Waals surface area contributed by atoms with Crippen LogP contribution in [0.2, 0.25) is 0 Å². The Balaban J connectivity index is 2.75. The van der Waals surface area contributed by atoms with Crippen molar-refractivity contribution in [2.24, 2.45) is 0 Å². The normalized spacial score (nSPS) is 12.8. The Morgan fingerprint density at radius 1 is 1.33 bits per heavy atom. The third-order valence-electron chi connectivity index (χ3n) is 2.57. The van der Waals surface area contributed by atoms with Gasteiger partial charge in [-0.25, -0.2) is 9.00 Å². The number of carbonyl (C=O) groups excluding carboxylic acids is 1. The summed E-state index contributed by atoms with van der Waals surface area (Å²) in [5.41, 5.74) is -4.54. The topological polar surface area (TPSA) is 69.6 Å². The third kappa shape index (κ3) is 5.01. The predicted molar refractivity (Wildman–Crippen MR) is 72.3 cm³/mol. The molecular formula is C12H15F3N2O3S. The first-order chi connectivity index (χ1) is 9.79. The number of rotatable bonds is 5. The van der Waals surface area contributed by atoms with E-state index in [4.69, 9.17) is 5.11 Å². The van der Waals surface area contributed by atoms with E-state index in [1.807, 2.05) is 0 Å². The van der Waals surface area contributed by atoms with E-state index in [9.17, 15) is 22.2 Å². The van der Waals surface area contributed by atoms with Gasteiger partial charge in [0, 0.05) is 23.7 Å². The van der Waals surface area contributed by atoms with E-state index in [0.717, 1.165) is 12.1 Å². The average molecular weight is 324 g/mol. The minimum Gasteiger partial charge on any atom is -0.395 e. The van der Waals surface area contributed by atoms with Crippen molar-refractivity contribution in [1.29, 1.82) is 0 Å². The molecule has 0 spiro atoms. The lowest BCUT2D eigenvalue weighted by molar-refractivity contribution is -0.0384. The summed E-state index contributed by atoms with van der Waals surface area (Å²) in [5, 5.41) is 11.3. The van der Waals surface area contributed by atoms with Gasteiger partial charge in [0.2, 0.25) is 0 Å². The van der Waals surface area contributed by atoms with Crippen LogP contribution in [0.5, 0.6) is 0 Å². The van der Waals surface area contributed by atoms with Gasteiger partial charge in [0.15, 0.2) is 10.8 Å². The van der Waals surface area contributed by atoms with Gasteiger partial charge in [-0.1, -0.05) is 0 Å². The number of benzene rings is 1. The van der Waals surface area contributed by atoms with E-state index in [1.165, 1.54) is 17.0 Å². The predicted octanol–water partition coefficient (Wildman–Crippen LogP) is 2.16. The SMILES string of the molecule is CCN(CCO)C(=O)Nc1ccc(S(=O)C(F)(F)F)cc1. The Morgan fingerprint density at radius 3 is 2.33 bits per heavy atom. The molecule has 9 heteroatoms. The fraction of sp³-hybridized carbons (Fsp3) is 0.417. The second kappa shape index (κ2) is 7.41. The van der Waals surface area contributed by atoms with Crippen LogP contribution in [0, 0.1) is 0 Å². The smallest absolute Gasteiger partial charge is 0.395 e. The molecule has 0 aliphatic rings. The Morgan fingerprint density at radius 2 is 1.90 bits per heavy atom. The summed E-state index contributed by atoms with van der Waals surface area (Å²) in [6.07, 6.45) is 0. The third-order valence-corrected chi connectivity index (χ3v) is 3.69. The number of halogens is 3. The molecule has 1 aromatic carbocycles. The zero-order valence-corrected chi connectivity index (χ0v) is 12.0. The molecule has 0 heterocycles. The molecular weight excluding hydrogens is 309 g/mol. The molecule has 0 bridgehead atoms. The fourth-order valence-electron chi connectivity index (χ4n) is 1.52. The van der Waals surface area contributed by atoms with Crippen LogP contribution in [-0.4, -0.2) is 45.5 Å². The summed E-state index contributed by atoms with van der Waals surface area (Å²) in [6.45, 7) is 2.07. The Bertz CT molecular complexity index is 505. The number of hydrogen-bond donors (Lipinski definition) is 2. The molecule has 1 unspecified atom stereocenters. The van der Waals surface area contributed by atoms with Gasteiger partial charge in [0.1, 0.15) is 0 Å². The molecule has 1 atom stereocenters. The molecule has 2 amide bonds. The summed E-state index contributed by atoms with van der Waals surface area (Å²) in [4.78, 5) is 12.7. The number of amides is 2. The van der Waals surface area contributed by atoms with Crippen LogP contribution in [0.25, 0.3) is 0 Å². The summed E-state index contributed by atoms with van der Waals surface area (Å²) in [6, 6.07) is 4.09.